The number of hydrogen-bond acceptors (Lipinski definition) is 6. The minimum atomic E-state index is -3.10. The van der Waals surface area contributed by atoms with Crippen molar-refractivity contribution in [3.63, 3.8) is 0 Å². The number of ether oxygens (including phenoxy) is 1. The zero-order chi connectivity index (χ0) is 18.9. The van der Waals surface area contributed by atoms with Gasteiger partial charge in [-0.2, -0.15) is 0 Å². The zero-order valence-corrected chi connectivity index (χ0v) is 15.2. The lowest BCUT2D eigenvalue weighted by Gasteiger charge is -2.07. The van der Waals surface area contributed by atoms with Crippen molar-refractivity contribution in [2.24, 2.45) is 4.99 Å². The van der Waals surface area contributed by atoms with Gasteiger partial charge >= 0.3 is 5.97 Å². The summed E-state index contributed by atoms with van der Waals surface area (Å²) in [5.74, 6) is -0.482. The van der Waals surface area contributed by atoms with Crippen molar-refractivity contribution < 1.29 is 17.9 Å². The Bertz CT molecular complexity index is 1030. The Morgan fingerprint density at radius 2 is 2.12 bits per heavy atom. The molecule has 1 aromatic heterocycles. The molecule has 1 aromatic carbocycles. The van der Waals surface area contributed by atoms with Crippen LogP contribution in [-0.2, 0) is 14.6 Å². The molecular weight excluding hydrogens is 358 g/mol. The summed E-state index contributed by atoms with van der Waals surface area (Å²) in [6, 6.07) is 6.26. The van der Waals surface area contributed by atoms with Gasteiger partial charge in [0.1, 0.15) is 0 Å². The summed E-state index contributed by atoms with van der Waals surface area (Å²) in [6.07, 6.45) is 1.79. The van der Waals surface area contributed by atoms with Gasteiger partial charge < -0.3 is 4.74 Å². The van der Waals surface area contributed by atoms with Gasteiger partial charge in [-0.25, -0.2) is 17.9 Å². The summed E-state index contributed by atoms with van der Waals surface area (Å²) >= 11 is 0. The van der Waals surface area contributed by atoms with Gasteiger partial charge in [-0.15, -0.1) is 0 Å². The standard InChI is InChI=1S/C17H19N3O5S/c1-11-14(9-18-15-6-4-3-5-13(15)17(22)25-2)16(21)20(19-11)12-7-8-26(23,24)10-12/h3-6,9,12,19H,7-8,10H2,1-2H3. The molecule has 0 radical (unpaired) electrons. The first-order chi connectivity index (χ1) is 12.3. The molecule has 1 atom stereocenters. The molecule has 1 aliphatic heterocycles. The second-order valence-corrected chi connectivity index (χ2v) is 8.38. The highest BCUT2D eigenvalue weighted by Crippen LogP contribution is 2.22. The first kappa shape index (κ1) is 18.1. The molecule has 1 fully saturated rings. The third-order valence-corrected chi connectivity index (χ3v) is 6.11. The van der Waals surface area contributed by atoms with E-state index in [2.05, 4.69) is 10.1 Å². The zero-order valence-electron chi connectivity index (χ0n) is 14.4. The van der Waals surface area contributed by atoms with Gasteiger partial charge in [-0.05, 0) is 25.5 Å². The minimum Gasteiger partial charge on any atom is -0.465 e. The molecule has 2 heterocycles. The molecule has 1 unspecified atom stereocenters. The number of para-hydroxylation sites is 1. The Morgan fingerprint density at radius 3 is 2.77 bits per heavy atom. The topological polar surface area (TPSA) is 111 Å². The van der Waals surface area contributed by atoms with Gasteiger partial charge in [0, 0.05) is 11.9 Å². The highest BCUT2D eigenvalue weighted by Gasteiger charge is 2.31. The van der Waals surface area contributed by atoms with E-state index in [1.54, 1.807) is 31.2 Å². The Morgan fingerprint density at radius 1 is 1.38 bits per heavy atom. The lowest BCUT2D eigenvalue weighted by atomic mass is 10.2. The average Bonchev–Trinajstić information content (AvgIpc) is 3.11. The van der Waals surface area contributed by atoms with Crippen LogP contribution in [0.5, 0.6) is 0 Å². The predicted molar refractivity (Wildman–Crippen MR) is 97.1 cm³/mol. The monoisotopic (exact) mass is 377 g/mol. The number of esters is 1. The van der Waals surface area contributed by atoms with Crippen LogP contribution in [0.3, 0.4) is 0 Å². The predicted octanol–water partition coefficient (Wildman–Crippen LogP) is 1.38. The van der Waals surface area contributed by atoms with Crippen molar-refractivity contribution in [1.82, 2.24) is 9.78 Å². The van der Waals surface area contributed by atoms with Gasteiger partial charge in [0.05, 0.1) is 41.5 Å². The number of sulfone groups is 1. The average molecular weight is 377 g/mol. The maximum absolute atomic E-state index is 12.6. The van der Waals surface area contributed by atoms with Gasteiger partial charge in [0.25, 0.3) is 5.56 Å². The number of carbonyl (C=O) groups excluding carboxylic acids is 1. The third kappa shape index (κ3) is 3.48. The molecule has 9 heteroatoms. The minimum absolute atomic E-state index is 0.0470. The molecule has 1 N–H and O–H groups in total. The first-order valence-corrected chi connectivity index (χ1v) is 9.87. The van der Waals surface area contributed by atoms with Crippen LogP contribution in [0.4, 0.5) is 5.69 Å². The Hall–Kier alpha value is -2.68. The van der Waals surface area contributed by atoms with Gasteiger partial charge in [0.2, 0.25) is 0 Å². The number of aryl methyl sites for hydroxylation is 1. The number of aromatic amines is 1. The fourth-order valence-corrected chi connectivity index (χ4v) is 4.67. The molecule has 26 heavy (non-hydrogen) atoms. The fourth-order valence-electron chi connectivity index (χ4n) is 2.97. The maximum Gasteiger partial charge on any atom is 0.340 e. The molecule has 0 bridgehead atoms. The number of nitrogens with one attached hydrogen (secondary N) is 1. The summed E-state index contributed by atoms with van der Waals surface area (Å²) in [5.41, 5.74) is 1.26. The highest BCUT2D eigenvalue weighted by molar-refractivity contribution is 7.91. The van der Waals surface area contributed by atoms with E-state index in [0.717, 1.165) is 0 Å². The van der Waals surface area contributed by atoms with Crippen LogP contribution < -0.4 is 5.56 Å². The molecule has 0 saturated carbocycles. The number of nitrogens with zero attached hydrogens (tertiary/aromatic N) is 2. The van der Waals surface area contributed by atoms with E-state index < -0.39 is 21.8 Å². The van der Waals surface area contributed by atoms with Crippen molar-refractivity contribution in [2.45, 2.75) is 19.4 Å². The number of hydrogen-bond donors (Lipinski definition) is 1. The lowest BCUT2D eigenvalue weighted by Crippen LogP contribution is -2.25. The summed E-state index contributed by atoms with van der Waals surface area (Å²) < 4.78 is 29.4. The molecule has 0 amide bonds. The summed E-state index contributed by atoms with van der Waals surface area (Å²) in [4.78, 5) is 28.7. The molecule has 0 spiro atoms. The van der Waals surface area contributed by atoms with Crippen molar-refractivity contribution in [1.29, 1.82) is 0 Å². The molecule has 0 aliphatic carbocycles. The van der Waals surface area contributed by atoms with E-state index in [9.17, 15) is 18.0 Å². The molecule has 1 aliphatic rings. The van der Waals surface area contributed by atoms with Crippen LogP contribution in [0.15, 0.2) is 34.1 Å². The lowest BCUT2D eigenvalue weighted by molar-refractivity contribution is 0.0601. The number of carbonyl (C=O) groups is 1. The normalized spacial score (nSPS) is 19.1. The smallest absolute Gasteiger partial charge is 0.340 e. The first-order valence-electron chi connectivity index (χ1n) is 8.05. The van der Waals surface area contributed by atoms with Crippen molar-refractivity contribution in [3.05, 3.63) is 51.4 Å². The number of aromatic nitrogens is 2. The molecule has 2 aromatic rings. The second kappa shape index (κ2) is 6.91. The fraction of sp³-hybridized carbons (Fsp3) is 0.353. The van der Waals surface area contributed by atoms with E-state index in [1.165, 1.54) is 18.0 Å². The van der Waals surface area contributed by atoms with E-state index in [-0.39, 0.29) is 17.1 Å². The van der Waals surface area contributed by atoms with Crippen molar-refractivity contribution >= 4 is 27.7 Å². The summed E-state index contributed by atoms with van der Waals surface area (Å²) in [6.45, 7) is 1.72. The van der Waals surface area contributed by atoms with Crippen LogP contribution >= 0.6 is 0 Å². The van der Waals surface area contributed by atoms with E-state index in [4.69, 9.17) is 4.74 Å². The Balaban J connectivity index is 1.94. The number of rotatable bonds is 4. The van der Waals surface area contributed by atoms with Gasteiger partial charge in [-0.1, -0.05) is 12.1 Å². The Kier molecular flexibility index (Phi) is 4.82. The molecule has 3 rings (SSSR count). The van der Waals surface area contributed by atoms with Gasteiger partial charge in [0.15, 0.2) is 9.84 Å². The van der Waals surface area contributed by atoms with Crippen LogP contribution in [0, 0.1) is 6.92 Å². The van der Waals surface area contributed by atoms with E-state index in [0.29, 0.717) is 28.9 Å². The van der Waals surface area contributed by atoms with E-state index >= 15 is 0 Å². The van der Waals surface area contributed by atoms with E-state index in [1.807, 2.05) is 0 Å². The molecule has 1 saturated heterocycles. The SMILES string of the molecule is COC(=O)c1ccccc1N=Cc1c(C)[nH]n(C2CCS(=O)(=O)C2)c1=O. The van der Waals surface area contributed by atoms with Crippen molar-refractivity contribution in [3.8, 4) is 0 Å². The number of benzene rings is 1. The van der Waals surface area contributed by atoms with Gasteiger partial charge in [-0.3, -0.25) is 14.9 Å². The second-order valence-electron chi connectivity index (χ2n) is 6.15. The number of aliphatic imine (C=N–C) groups is 1. The number of methoxy groups -OCH3 is 1. The molecule has 8 nitrogen and oxygen atoms in total. The molecule has 138 valence electrons. The van der Waals surface area contributed by atoms with Crippen LogP contribution in [-0.4, -0.2) is 49.0 Å². The maximum atomic E-state index is 12.6. The van der Waals surface area contributed by atoms with Crippen LogP contribution in [0.2, 0.25) is 0 Å². The summed E-state index contributed by atoms with van der Waals surface area (Å²) in [7, 11) is -1.82. The summed E-state index contributed by atoms with van der Waals surface area (Å²) in [5, 5.41) is 2.93. The van der Waals surface area contributed by atoms with Crippen molar-refractivity contribution in [2.75, 3.05) is 18.6 Å². The van der Waals surface area contributed by atoms with Crippen LogP contribution in [0.1, 0.15) is 34.1 Å². The largest absolute Gasteiger partial charge is 0.465 e. The quantitative estimate of drug-likeness (QED) is 0.639. The third-order valence-electron chi connectivity index (χ3n) is 4.36. The Labute approximate surface area is 150 Å². The number of H-pyrrole nitrogens is 1. The highest BCUT2D eigenvalue weighted by atomic mass is 32.2. The molecular formula is C17H19N3O5S. The van der Waals surface area contributed by atoms with Crippen LogP contribution in [0.25, 0.3) is 0 Å².